The van der Waals surface area contributed by atoms with Crippen molar-refractivity contribution in [2.24, 2.45) is 5.73 Å². The molecule has 0 aromatic carbocycles. The van der Waals surface area contributed by atoms with Gasteiger partial charge in [-0.1, -0.05) is 0 Å². The number of carbonyl (C=O) groups is 1. The van der Waals surface area contributed by atoms with E-state index in [1.54, 1.807) is 0 Å². The van der Waals surface area contributed by atoms with Crippen molar-refractivity contribution in [1.29, 1.82) is 0 Å². The average Bonchev–Trinajstić information content (AvgIpc) is 2.45. The number of aromatic nitrogens is 2. The van der Waals surface area contributed by atoms with Crippen molar-refractivity contribution in [2.45, 2.75) is 12.4 Å². The van der Waals surface area contributed by atoms with Crippen LogP contribution in [0.15, 0.2) is 12.5 Å². The normalized spacial score (nSPS) is 23.5. The van der Waals surface area contributed by atoms with Gasteiger partial charge in [0.05, 0.1) is 9.04 Å². The van der Waals surface area contributed by atoms with E-state index in [0.29, 0.717) is 0 Å². The van der Waals surface area contributed by atoms with Gasteiger partial charge in [-0.2, -0.15) is 0 Å². The predicted octanol–water partition coefficient (Wildman–Crippen LogP) is -0.636. The van der Waals surface area contributed by atoms with Crippen molar-refractivity contribution in [3.8, 4) is 0 Å². The van der Waals surface area contributed by atoms with Gasteiger partial charge < -0.3 is 15.8 Å². The Bertz CT molecular complexity index is 430. The van der Waals surface area contributed by atoms with E-state index in [1.165, 1.54) is 0 Å². The first-order valence-corrected chi connectivity index (χ1v) is 2.66. The Morgan fingerprint density at radius 2 is 3.00 bits per heavy atom. The van der Waals surface area contributed by atoms with Crippen LogP contribution in [0.25, 0.3) is 0 Å². The highest BCUT2D eigenvalue weighted by Crippen LogP contribution is 1.95. The molecule has 0 fully saturated rings. The summed E-state index contributed by atoms with van der Waals surface area (Å²) in [6.45, 7) is 0. The van der Waals surface area contributed by atoms with E-state index in [1.807, 2.05) is 0 Å². The van der Waals surface area contributed by atoms with Crippen molar-refractivity contribution < 1.29 is 16.8 Å². The molecule has 0 amide bonds. The van der Waals surface area contributed by atoms with Gasteiger partial charge in [-0.05, 0) is 0 Å². The molecule has 4 N–H and O–H groups in total. The molecule has 1 heterocycles. The third kappa shape index (κ3) is 2.05. The fourth-order valence-electron chi connectivity index (χ4n) is 0.443. The third-order valence-corrected chi connectivity index (χ3v) is 0.895. The van der Waals surface area contributed by atoms with Gasteiger partial charge in [-0.25, -0.2) is 4.98 Å². The molecule has 0 unspecified atom stereocenters. The zero-order chi connectivity index (χ0) is 12.7. The van der Waals surface area contributed by atoms with Crippen LogP contribution in [0.1, 0.15) is 12.5 Å². The van der Waals surface area contributed by atoms with Gasteiger partial charge >= 0.3 is 5.97 Å². The van der Waals surface area contributed by atoms with Crippen LogP contribution in [-0.2, 0) is 11.2 Å². The van der Waals surface area contributed by atoms with Crippen molar-refractivity contribution in [2.75, 3.05) is 0 Å². The smallest absolute Gasteiger partial charge is 0.320 e. The van der Waals surface area contributed by atoms with Crippen molar-refractivity contribution >= 4 is 5.97 Å². The molecule has 11 heavy (non-hydrogen) atoms. The molecule has 0 saturated carbocycles. The minimum absolute atomic E-state index is 0.495. The lowest BCUT2D eigenvalue weighted by Gasteiger charge is -2.02. The molecule has 5 nitrogen and oxygen atoms in total. The molecule has 0 aliphatic carbocycles. The number of nitrogens with two attached hydrogens (primary N) is 1. The predicted molar refractivity (Wildman–Crippen MR) is 37.9 cm³/mol. The number of hydrogen-bond donors (Lipinski definition) is 3. The number of H-pyrrole nitrogens is 1. The molecular formula is C6H9N3O2. The van der Waals surface area contributed by atoms with Crippen LogP contribution in [0.2, 0.25) is 0 Å². The van der Waals surface area contributed by atoms with Gasteiger partial charge in [0.15, 0.2) is 0 Å². The number of rotatable bonds is 3. The minimum atomic E-state index is -2.97. The largest absolute Gasteiger partial charge is 0.480 e. The highest BCUT2D eigenvalue weighted by molar-refractivity contribution is 5.73. The quantitative estimate of drug-likeness (QED) is 0.414. The monoisotopic (exact) mass is 169 g/mol. The standard InChI is InChI=1S/C6H9N3O2/c7-5(6(10)11)1-4-2-8-3-9-4/h2-3,5H,1,7H2,(H,8,9)(H,10,11)/t5-/m0/s1/i1+1D2,2+1D,3+1D,4+1,5+1D,6+1,7+1,8+1,9+1. The first kappa shape index (κ1) is 3.36. The molecule has 0 saturated heterocycles. The van der Waals surface area contributed by atoms with E-state index >= 15 is 0 Å². The first-order valence-electron chi connectivity index (χ1n) is 5.16. The zero-order valence-corrected chi connectivity index (χ0v) is 5.38. The lowest BCUT2D eigenvalue weighted by Crippen LogP contribution is -2.32. The topological polar surface area (TPSA) is 92.0 Å². The summed E-state index contributed by atoms with van der Waals surface area (Å²) in [6, 6.07) is -2.97. The fraction of sp³-hybridized carbons (Fsp3) is 0.333. The van der Waals surface area contributed by atoms with Crippen molar-refractivity contribution in [1.82, 2.24) is 9.97 Å². The van der Waals surface area contributed by atoms with Gasteiger partial charge in [-0.15, -0.1) is 0 Å². The SMILES string of the molecule is [2H][13c]1[15n][13c]([2H])[13c]([13C]([2H])([2H])[13C@]([2H])([15NH2])[13C](=O)O)[15nH]1. The van der Waals surface area contributed by atoms with E-state index in [0.717, 1.165) is 0 Å². The average molecular weight is 169 g/mol. The zero-order valence-electron chi connectivity index (χ0n) is 10.4. The summed E-state index contributed by atoms with van der Waals surface area (Å²) < 4.78 is 36.4. The summed E-state index contributed by atoms with van der Waals surface area (Å²) in [6.07, 6.45) is -3.99. The third-order valence-electron chi connectivity index (χ3n) is 0.895. The number of aliphatic carboxylic acids is 1. The molecule has 0 spiro atoms. The van der Waals surface area contributed by atoms with Gasteiger partial charge in [-0.3, -0.25) is 4.79 Å². The molecule has 60 valence electrons. The van der Waals surface area contributed by atoms with Gasteiger partial charge in [0.1, 0.15) is 7.39 Å². The molecule has 1 aromatic heterocycles. The van der Waals surface area contributed by atoms with Crippen LogP contribution >= 0.6 is 0 Å². The maximum absolute atomic E-state index is 10.7. The molecule has 0 aliphatic heterocycles. The molecule has 0 aliphatic rings. The van der Waals surface area contributed by atoms with E-state index in [-0.39, 0.29) is 0 Å². The molecule has 1 rings (SSSR count). The van der Waals surface area contributed by atoms with Crippen LogP contribution in [0.4, 0.5) is 0 Å². The summed E-state index contributed by atoms with van der Waals surface area (Å²) in [5.74, 6) is -1.88. The van der Waals surface area contributed by atoms with Crippen molar-refractivity contribution in [3.63, 3.8) is 0 Å². The van der Waals surface area contributed by atoms with E-state index in [4.69, 9.17) is 17.7 Å². The second-order valence-electron chi connectivity index (χ2n) is 1.68. The molecule has 1 atom stereocenters. The summed E-state index contributed by atoms with van der Waals surface area (Å²) in [5.41, 5.74) is 4.45. The summed E-state index contributed by atoms with van der Waals surface area (Å²) in [5, 5.41) is 8.64. The number of aromatic amines is 1. The fourth-order valence-corrected chi connectivity index (χ4v) is 0.443. The Morgan fingerprint density at radius 3 is 3.45 bits per heavy atom. The number of hydrogen-bond acceptors (Lipinski definition) is 3. The van der Waals surface area contributed by atoms with Crippen LogP contribution in [0.5, 0.6) is 0 Å². The Morgan fingerprint density at radius 1 is 2.27 bits per heavy atom. The number of carboxylic acids is 1. The number of imidazole rings is 1. The first-order chi connectivity index (χ1) is 7.10. The van der Waals surface area contributed by atoms with E-state index in [9.17, 15) is 4.79 Å². The summed E-state index contributed by atoms with van der Waals surface area (Å²) >= 11 is 0. The Hall–Kier alpha value is -1.36. The van der Waals surface area contributed by atoms with Crippen LogP contribution in [0.3, 0.4) is 0 Å². The summed E-state index contributed by atoms with van der Waals surface area (Å²) in [7, 11) is 0. The van der Waals surface area contributed by atoms with Crippen LogP contribution < -0.4 is 5.73 Å². The second-order valence-corrected chi connectivity index (χ2v) is 1.68. The molecule has 1 aromatic rings. The van der Waals surface area contributed by atoms with E-state index < -0.39 is 36.5 Å². The molecule has 5 heteroatoms. The maximum atomic E-state index is 10.7. The van der Waals surface area contributed by atoms with Crippen molar-refractivity contribution in [3.05, 3.63) is 18.2 Å². The summed E-state index contributed by atoms with van der Waals surface area (Å²) in [4.78, 5) is 16.0. The van der Waals surface area contributed by atoms with Crippen LogP contribution in [0, 0.1) is 0 Å². The number of carboxylic acid groups (broad SMARTS) is 1. The highest BCUT2D eigenvalue weighted by atomic mass is 16.5. The minimum Gasteiger partial charge on any atom is -0.480 e. The second kappa shape index (κ2) is 3.16. The van der Waals surface area contributed by atoms with Gasteiger partial charge in [0, 0.05) is 21.0 Å². The lowest BCUT2D eigenvalue weighted by atomic mass is 11.2. The Labute approximate surface area is 70.3 Å². The molecule has 0 radical (unpaired) electrons. The maximum Gasteiger partial charge on any atom is 0.320 e. The van der Waals surface area contributed by atoms with E-state index in [2.05, 4.69) is 9.97 Å². The number of nitrogens with one attached hydrogen (secondary N) is 1. The Balaban J connectivity index is 3.31. The molecular weight excluding hydrogens is 155 g/mol. The van der Waals surface area contributed by atoms with Crippen LogP contribution in [-0.4, -0.2) is 27.1 Å². The number of nitrogens with zero attached hydrogens (tertiary/aromatic N) is 1. The molecule has 0 bridgehead atoms. The lowest BCUT2D eigenvalue weighted by molar-refractivity contribution is -0.138. The Kier molecular flexibility index (Phi) is 0.963. The highest BCUT2D eigenvalue weighted by Gasteiger charge is 2.11. The van der Waals surface area contributed by atoms with Gasteiger partial charge in [0.25, 0.3) is 0 Å². The van der Waals surface area contributed by atoms with Gasteiger partial charge in [0.2, 0.25) is 0 Å².